The molecule has 2 nitrogen and oxygen atoms in total. The van der Waals surface area contributed by atoms with E-state index >= 15 is 0 Å². The van der Waals surface area contributed by atoms with Crippen molar-refractivity contribution in [2.45, 2.75) is 50.7 Å². The molecule has 0 heterocycles. The number of hydrogen-bond donors (Lipinski definition) is 1. The van der Waals surface area contributed by atoms with Gasteiger partial charge in [-0.15, -0.1) is 0 Å². The van der Waals surface area contributed by atoms with Crippen LogP contribution in [-0.2, 0) is 0 Å². The fraction of sp³-hybridized carbons (Fsp3) is 0.600. The summed E-state index contributed by atoms with van der Waals surface area (Å²) in [5, 5.41) is 0.719. The van der Waals surface area contributed by atoms with Crippen molar-refractivity contribution in [3.63, 3.8) is 0 Å². The molecule has 1 aromatic rings. The Morgan fingerprint density at radius 1 is 1.26 bits per heavy atom. The van der Waals surface area contributed by atoms with Crippen LogP contribution in [0.1, 0.15) is 38.5 Å². The Balaban J connectivity index is 1.76. The molecule has 2 aliphatic rings. The molecule has 2 saturated carbocycles. The van der Waals surface area contributed by atoms with Crippen LogP contribution in [-0.4, -0.2) is 12.1 Å². The summed E-state index contributed by atoms with van der Waals surface area (Å²) in [6.45, 7) is 0. The van der Waals surface area contributed by atoms with Crippen molar-refractivity contribution < 1.29 is 4.74 Å². The summed E-state index contributed by atoms with van der Waals surface area (Å²) in [6, 6.07) is 5.99. The van der Waals surface area contributed by atoms with Crippen LogP contribution < -0.4 is 10.5 Å². The van der Waals surface area contributed by atoms with E-state index in [0.717, 1.165) is 21.7 Å². The first kappa shape index (κ1) is 13.7. The van der Waals surface area contributed by atoms with Crippen LogP contribution in [0.15, 0.2) is 22.7 Å². The molecule has 0 bridgehead atoms. The van der Waals surface area contributed by atoms with E-state index in [1.54, 1.807) is 0 Å². The maximum atomic E-state index is 6.28. The van der Waals surface area contributed by atoms with E-state index in [1.807, 2.05) is 18.2 Å². The predicted molar refractivity (Wildman–Crippen MR) is 81.7 cm³/mol. The molecule has 2 aliphatic carbocycles. The van der Waals surface area contributed by atoms with Crippen LogP contribution in [0.2, 0.25) is 5.02 Å². The van der Waals surface area contributed by atoms with Gasteiger partial charge in [-0.1, -0.05) is 30.9 Å². The first-order valence-corrected chi connectivity index (χ1v) is 8.16. The normalized spacial score (nSPS) is 29.0. The fourth-order valence-electron chi connectivity index (χ4n) is 3.57. The zero-order chi connectivity index (χ0) is 13.5. The smallest absolute Gasteiger partial charge is 0.134 e. The lowest BCUT2D eigenvalue weighted by molar-refractivity contribution is -0.0901. The second-order valence-corrected chi connectivity index (χ2v) is 7.11. The third kappa shape index (κ3) is 2.41. The van der Waals surface area contributed by atoms with E-state index in [1.165, 1.54) is 32.1 Å². The Bertz CT molecular complexity index is 473. The summed E-state index contributed by atoms with van der Waals surface area (Å²) in [5.41, 5.74) is 6.50. The quantitative estimate of drug-likeness (QED) is 0.855. The number of nitrogens with two attached hydrogens (primary N) is 1. The molecule has 0 aromatic heterocycles. The van der Waals surface area contributed by atoms with Crippen LogP contribution in [0.5, 0.6) is 5.75 Å². The minimum absolute atomic E-state index is 0.220. The highest BCUT2D eigenvalue weighted by Gasteiger charge is 2.55. The van der Waals surface area contributed by atoms with Gasteiger partial charge < -0.3 is 10.5 Å². The molecule has 104 valence electrons. The van der Waals surface area contributed by atoms with Gasteiger partial charge in [0.25, 0.3) is 0 Å². The summed E-state index contributed by atoms with van der Waals surface area (Å²) in [6.07, 6.45) is 7.57. The molecule has 2 fully saturated rings. The molecule has 19 heavy (non-hydrogen) atoms. The van der Waals surface area contributed by atoms with Crippen molar-refractivity contribution in [3.8, 4) is 5.75 Å². The van der Waals surface area contributed by atoms with Gasteiger partial charge >= 0.3 is 0 Å². The summed E-state index contributed by atoms with van der Waals surface area (Å²) >= 11 is 9.48. The van der Waals surface area contributed by atoms with E-state index in [0.29, 0.717) is 6.04 Å². The first-order chi connectivity index (χ1) is 9.12. The maximum absolute atomic E-state index is 6.28. The van der Waals surface area contributed by atoms with Crippen molar-refractivity contribution in [2.24, 2.45) is 11.1 Å². The van der Waals surface area contributed by atoms with Crippen molar-refractivity contribution in [1.29, 1.82) is 0 Å². The monoisotopic (exact) mass is 343 g/mol. The Kier molecular flexibility index (Phi) is 3.80. The maximum Gasteiger partial charge on any atom is 0.134 e. The van der Waals surface area contributed by atoms with Crippen molar-refractivity contribution >= 4 is 27.5 Å². The van der Waals surface area contributed by atoms with Crippen LogP contribution in [0.4, 0.5) is 0 Å². The Morgan fingerprint density at radius 2 is 2.00 bits per heavy atom. The van der Waals surface area contributed by atoms with E-state index in [9.17, 15) is 0 Å². The van der Waals surface area contributed by atoms with Gasteiger partial charge in [0, 0.05) is 22.9 Å². The van der Waals surface area contributed by atoms with Crippen molar-refractivity contribution in [1.82, 2.24) is 0 Å². The van der Waals surface area contributed by atoms with Gasteiger partial charge in [-0.3, -0.25) is 0 Å². The molecule has 2 unspecified atom stereocenters. The molecule has 1 spiro atoms. The molecule has 0 saturated heterocycles. The summed E-state index contributed by atoms with van der Waals surface area (Å²) in [4.78, 5) is 0. The summed E-state index contributed by atoms with van der Waals surface area (Å²) in [7, 11) is 0. The lowest BCUT2D eigenvalue weighted by atomic mass is 9.55. The van der Waals surface area contributed by atoms with E-state index < -0.39 is 0 Å². The predicted octanol–water partition coefficient (Wildman–Crippen LogP) is 4.53. The Hall–Kier alpha value is -0.250. The molecule has 2 atom stereocenters. The van der Waals surface area contributed by atoms with Crippen LogP contribution in [0.3, 0.4) is 0 Å². The van der Waals surface area contributed by atoms with Crippen molar-refractivity contribution in [3.05, 3.63) is 27.7 Å². The van der Waals surface area contributed by atoms with Gasteiger partial charge in [-0.25, -0.2) is 0 Å². The first-order valence-electron chi connectivity index (χ1n) is 6.99. The summed E-state index contributed by atoms with van der Waals surface area (Å²) in [5.74, 6) is 0.881. The highest BCUT2D eigenvalue weighted by Crippen LogP contribution is 2.52. The minimum Gasteiger partial charge on any atom is -0.489 e. The Labute approximate surface area is 127 Å². The van der Waals surface area contributed by atoms with Crippen LogP contribution in [0, 0.1) is 5.41 Å². The summed E-state index contributed by atoms with van der Waals surface area (Å²) < 4.78 is 7.14. The Morgan fingerprint density at radius 3 is 2.63 bits per heavy atom. The standard InChI is InChI=1S/C15H19BrClNO/c16-11-8-10(17)4-5-12(11)19-14-9-13(18)15(14)6-2-1-3-7-15/h4-5,8,13-14H,1-3,6-7,9,18H2. The van der Waals surface area contributed by atoms with E-state index in [-0.39, 0.29) is 11.5 Å². The third-order valence-electron chi connectivity index (χ3n) is 4.80. The SMILES string of the molecule is NC1CC(Oc2ccc(Cl)cc2Br)C12CCCCC2. The third-order valence-corrected chi connectivity index (χ3v) is 5.65. The van der Waals surface area contributed by atoms with Gasteiger partial charge in [-0.2, -0.15) is 0 Å². The second kappa shape index (κ2) is 5.27. The van der Waals surface area contributed by atoms with Gasteiger partial charge in [-0.05, 0) is 47.0 Å². The number of rotatable bonds is 2. The lowest BCUT2D eigenvalue weighted by Gasteiger charge is -2.56. The number of ether oxygens (including phenoxy) is 1. The van der Waals surface area contributed by atoms with Crippen LogP contribution in [0.25, 0.3) is 0 Å². The second-order valence-electron chi connectivity index (χ2n) is 5.82. The van der Waals surface area contributed by atoms with Gasteiger partial charge in [0.2, 0.25) is 0 Å². The average molecular weight is 345 g/mol. The molecular formula is C15H19BrClNO. The van der Waals surface area contributed by atoms with Gasteiger partial charge in [0.15, 0.2) is 0 Å². The number of halogens is 2. The fourth-order valence-corrected chi connectivity index (χ4v) is 4.35. The lowest BCUT2D eigenvalue weighted by Crippen LogP contribution is -2.64. The van der Waals surface area contributed by atoms with Crippen molar-refractivity contribution in [2.75, 3.05) is 0 Å². The zero-order valence-electron chi connectivity index (χ0n) is 10.9. The minimum atomic E-state index is 0.220. The number of benzene rings is 1. The molecule has 0 aliphatic heterocycles. The molecule has 0 radical (unpaired) electrons. The average Bonchev–Trinajstić information content (AvgIpc) is 2.42. The molecular weight excluding hydrogens is 326 g/mol. The molecule has 3 rings (SSSR count). The van der Waals surface area contributed by atoms with Crippen LogP contribution >= 0.6 is 27.5 Å². The molecule has 4 heteroatoms. The topological polar surface area (TPSA) is 35.2 Å². The molecule has 0 amide bonds. The van der Waals surface area contributed by atoms with Gasteiger partial charge in [0.05, 0.1) is 4.47 Å². The zero-order valence-corrected chi connectivity index (χ0v) is 13.2. The number of hydrogen-bond acceptors (Lipinski definition) is 2. The highest BCUT2D eigenvalue weighted by atomic mass is 79.9. The van der Waals surface area contributed by atoms with E-state index in [2.05, 4.69) is 15.9 Å². The van der Waals surface area contributed by atoms with Gasteiger partial charge in [0.1, 0.15) is 11.9 Å². The largest absolute Gasteiger partial charge is 0.489 e. The molecule has 2 N–H and O–H groups in total. The molecule has 1 aromatic carbocycles. The highest BCUT2D eigenvalue weighted by molar-refractivity contribution is 9.10. The van der Waals surface area contributed by atoms with E-state index in [4.69, 9.17) is 22.1 Å².